The summed E-state index contributed by atoms with van der Waals surface area (Å²) >= 11 is 0. The van der Waals surface area contributed by atoms with Gasteiger partial charge < -0.3 is 15.8 Å². The van der Waals surface area contributed by atoms with E-state index < -0.39 is 17.2 Å². The zero-order chi connectivity index (χ0) is 15.5. The molecule has 2 rings (SSSR count). The molecule has 0 aliphatic carbocycles. The average molecular weight is 302 g/mol. The number of rotatable bonds is 3. The molecule has 0 unspecified atom stereocenters. The van der Waals surface area contributed by atoms with Crippen molar-refractivity contribution in [3.8, 4) is 0 Å². The number of anilines is 1. The summed E-state index contributed by atoms with van der Waals surface area (Å²) in [6.45, 7) is 1.10. The largest absolute Gasteiger partial charge is 0.416 e. The van der Waals surface area contributed by atoms with Crippen LogP contribution in [0, 0.1) is 5.41 Å². The van der Waals surface area contributed by atoms with Crippen molar-refractivity contribution in [2.75, 3.05) is 25.1 Å². The van der Waals surface area contributed by atoms with E-state index in [-0.39, 0.29) is 12.5 Å². The highest BCUT2D eigenvalue weighted by Gasteiger charge is 2.39. The van der Waals surface area contributed by atoms with Crippen LogP contribution in [0.15, 0.2) is 24.3 Å². The molecule has 7 heteroatoms. The van der Waals surface area contributed by atoms with E-state index in [0.29, 0.717) is 31.7 Å². The highest BCUT2D eigenvalue weighted by Crippen LogP contribution is 2.32. The van der Waals surface area contributed by atoms with Crippen LogP contribution in [0.4, 0.5) is 18.9 Å². The Kier molecular flexibility index (Phi) is 4.53. The van der Waals surface area contributed by atoms with E-state index in [1.807, 2.05) is 0 Å². The fraction of sp³-hybridized carbons (Fsp3) is 0.500. The maximum absolute atomic E-state index is 12.5. The Morgan fingerprint density at radius 2 is 1.81 bits per heavy atom. The molecule has 0 atom stereocenters. The van der Waals surface area contributed by atoms with Gasteiger partial charge in [0.15, 0.2) is 0 Å². The topological polar surface area (TPSA) is 64.4 Å². The molecule has 4 nitrogen and oxygen atoms in total. The lowest BCUT2D eigenvalue weighted by molar-refractivity contribution is -0.137. The highest BCUT2D eigenvalue weighted by atomic mass is 19.4. The number of hydrogen-bond acceptors (Lipinski definition) is 3. The maximum Gasteiger partial charge on any atom is 0.416 e. The Bertz CT molecular complexity index is 494. The van der Waals surface area contributed by atoms with Gasteiger partial charge in [0.2, 0.25) is 5.91 Å². The van der Waals surface area contributed by atoms with E-state index >= 15 is 0 Å². The Labute approximate surface area is 120 Å². The van der Waals surface area contributed by atoms with Gasteiger partial charge in [0, 0.05) is 25.4 Å². The summed E-state index contributed by atoms with van der Waals surface area (Å²) in [5.41, 5.74) is 4.58. The second kappa shape index (κ2) is 6.03. The number of halogens is 3. The summed E-state index contributed by atoms with van der Waals surface area (Å²) in [5.74, 6) is -0.270. The first kappa shape index (κ1) is 15.8. The molecule has 116 valence electrons. The van der Waals surface area contributed by atoms with Crippen molar-refractivity contribution in [1.29, 1.82) is 0 Å². The molecule has 0 radical (unpaired) electrons. The van der Waals surface area contributed by atoms with Crippen molar-refractivity contribution in [2.24, 2.45) is 11.1 Å². The molecule has 1 aromatic rings. The summed E-state index contributed by atoms with van der Waals surface area (Å²) in [5, 5.41) is 2.64. The third-order valence-corrected chi connectivity index (χ3v) is 3.79. The quantitative estimate of drug-likeness (QED) is 0.901. The van der Waals surface area contributed by atoms with Crippen molar-refractivity contribution in [1.82, 2.24) is 0 Å². The number of benzene rings is 1. The number of amides is 1. The lowest BCUT2D eigenvalue weighted by Gasteiger charge is -2.34. The maximum atomic E-state index is 12.5. The average Bonchev–Trinajstić information content (AvgIpc) is 2.47. The lowest BCUT2D eigenvalue weighted by atomic mass is 9.79. The molecule has 1 amide bonds. The van der Waals surface area contributed by atoms with Gasteiger partial charge in [-0.2, -0.15) is 13.2 Å². The summed E-state index contributed by atoms with van der Waals surface area (Å²) in [4.78, 5) is 12.3. The molecular formula is C14H17F3N2O2. The van der Waals surface area contributed by atoms with Crippen LogP contribution >= 0.6 is 0 Å². The SMILES string of the molecule is NCC1(C(=O)Nc2ccc(C(F)(F)F)cc2)CCOCC1. The van der Waals surface area contributed by atoms with E-state index in [4.69, 9.17) is 10.5 Å². The van der Waals surface area contributed by atoms with Gasteiger partial charge in [0.25, 0.3) is 0 Å². The summed E-state index contributed by atoms with van der Waals surface area (Å²) < 4.78 is 42.6. The second-order valence-electron chi connectivity index (χ2n) is 5.13. The first-order valence-corrected chi connectivity index (χ1v) is 6.64. The second-order valence-corrected chi connectivity index (χ2v) is 5.13. The van der Waals surface area contributed by atoms with Gasteiger partial charge in [-0.05, 0) is 37.1 Å². The van der Waals surface area contributed by atoms with E-state index in [9.17, 15) is 18.0 Å². The number of nitrogens with one attached hydrogen (secondary N) is 1. The van der Waals surface area contributed by atoms with Crippen LogP contribution in [-0.2, 0) is 15.7 Å². The molecule has 0 bridgehead atoms. The van der Waals surface area contributed by atoms with Crippen LogP contribution in [0.1, 0.15) is 18.4 Å². The van der Waals surface area contributed by atoms with E-state index in [1.165, 1.54) is 12.1 Å². The first-order chi connectivity index (χ1) is 9.87. The molecule has 0 spiro atoms. The van der Waals surface area contributed by atoms with E-state index in [1.54, 1.807) is 0 Å². The van der Waals surface area contributed by atoms with Crippen LogP contribution in [0.5, 0.6) is 0 Å². The van der Waals surface area contributed by atoms with Crippen LogP contribution in [-0.4, -0.2) is 25.7 Å². The van der Waals surface area contributed by atoms with Gasteiger partial charge in [0.1, 0.15) is 0 Å². The number of nitrogens with two attached hydrogens (primary N) is 1. The number of carbonyl (C=O) groups excluding carboxylic acids is 1. The van der Waals surface area contributed by atoms with Gasteiger partial charge in [0.05, 0.1) is 11.0 Å². The van der Waals surface area contributed by atoms with Crippen LogP contribution < -0.4 is 11.1 Å². The van der Waals surface area contributed by atoms with Gasteiger partial charge in [-0.25, -0.2) is 0 Å². The van der Waals surface area contributed by atoms with Crippen molar-refractivity contribution in [3.63, 3.8) is 0 Å². The third kappa shape index (κ3) is 3.54. The van der Waals surface area contributed by atoms with Crippen molar-refractivity contribution >= 4 is 11.6 Å². The molecule has 21 heavy (non-hydrogen) atoms. The van der Waals surface area contributed by atoms with Gasteiger partial charge in [-0.15, -0.1) is 0 Å². The van der Waals surface area contributed by atoms with Crippen LogP contribution in [0.3, 0.4) is 0 Å². The van der Waals surface area contributed by atoms with Gasteiger partial charge in [-0.1, -0.05) is 0 Å². The minimum Gasteiger partial charge on any atom is -0.381 e. The van der Waals surface area contributed by atoms with Crippen LogP contribution in [0.2, 0.25) is 0 Å². The van der Waals surface area contributed by atoms with Gasteiger partial charge >= 0.3 is 6.18 Å². The molecule has 1 saturated heterocycles. The highest BCUT2D eigenvalue weighted by molar-refractivity contribution is 5.95. The minimum absolute atomic E-state index is 0.183. The molecule has 1 heterocycles. The van der Waals surface area contributed by atoms with Crippen LogP contribution in [0.25, 0.3) is 0 Å². The molecule has 1 aliphatic rings. The first-order valence-electron chi connectivity index (χ1n) is 6.64. The zero-order valence-corrected chi connectivity index (χ0v) is 11.4. The number of hydrogen-bond donors (Lipinski definition) is 2. The standard InChI is InChI=1S/C14H17F3N2O2/c15-14(16,17)10-1-3-11(4-2-10)19-12(20)13(9-18)5-7-21-8-6-13/h1-4H,5-9,18H2,(H,19,20). The Hall–Kier alpha value is -1.60. The summed E-state index contributed by atoms with van der Waals surface area (Å²) in [6, 6.07) is 4.36. The number of alkyl halides is 3. The molecular weight excluding hydrogens is 285 g/mol. The third-order valence-electron chi connectivity index (χ3n) is 3.79. The Balaban J connectivity index is 2.08. The fourth-order valence-corrected chi connectivity index (χ4v) is 2.29. The smallest absolute Gasteiger partial charge is 0.381 e. The monoisotopic (exact) mass is 302 g/mol. The van der Waals surface area contributed by atoms with Crippen molar-refractivity contribution in [2.45, 2.75) is 19.0 Å². The fourth-order valence-electron chi connectivity index (χ4n) is 2.29. The zero-order valence-electron chi connectivity index (χ0n) is 11.4. The molecule has 1 aromatic carbocycles. The van der Waals surface area contributed by atoms with Crippen molar-refractivity contribution < 1.29 is 22.7 Å². The minimum atomic E-state index is -4.39. The molecule has 1 fully saturated rings. The summed E-state index contributed by atoms with van der Waals surface area (Å²) in [6.07, 6.45) is -3.37. The lowest BCUT2D eigenvalue weighted by Crippen LogP contribution is -2.46. The normalized spacial score (nSPS) is 18.3. The molecule has 0 aromatic heterocycles. The van der Waals surface area contributed by atoms with E-state index in [0.717, 1.165) is 12.1 Å². The Morgan fingerprint density at radius 3 is 2.29 bits per heavy atom. The molecule has 1 aliphatic heterocycles. The molecule has 0 saturated carbocycles. The van der Waals surface area contributed by atoms with E-state index in [2.05, 4.69) is 5.32 Å². The molecule has 3 N–H and O–H groups in total. The number of carbonyl (C=O) groups is 1. The predicted molar refractivity (Wildman–Crippen MR) is 71.6 cm³/mol. The number of ether oxygens (including phenoxy) is 1. The Morgan fingerprint density at radius 1 is 1.24 bits per heavy atom. The van der Waals surface area contributed by atoms with Gasteiger partial charge in [-0.3, -0.25) is 4.79 Å². The predicted octanol–water partition coefficient (Wildman–Crippen LogP) is 2.40. The summed E-state index contributed by atoms with van der Waals surface area (Å²) in [7, 11) is 0. The van der Waals surface area contributed by atoms with Crippen molar-refractivity contribution in [3.05, 3.63) is 29.8 Å².